The Morgan fingerprint density at radius 3 is 1.87 bits per heavy atom. The maximum atomic E-state index is 11.3. The van der Waals surface area contributed by atoms with Gasteiger partial charge in [-0.25, -0.2) is 4.79 Å². The molecule has 0 aliphatic rings. The van der Waals surface area contributed by atoms with Crippen LogP contribution in [-0.4, -0.2) is 48.5 Å². The number of ketones is 1. The van der Waals surface area contributed by atoms with Gasteiger partial charge < -0.3 is 18.0 Å². The minimum atomic E-state index is -3.02. The van der Waals surface area contributed by atoms with Gasteiger partial charge in [0.05, 0.1) is 12.7 Å². The Labute approximate surface area is 89.8 Å². The highest BCUT2D eigenvalue weighted by Gasteiger charge is 2.42. The van der Waals surface area contributed by atoms with Crippen LogP contribution in [0.2, 0.25) is 6.04 Å². The lowest BCUT2D eigenvalue weighted by Gasteiger charge is -2.22. The van der Waals surface area contributed by atoms with Gasteiger partial charge in [-0.05, 0) is 6.92 Å². The first-order chi connectivity index (χ1) is 7.05. The molecule has 0 bridgehead atoms. The molecule has 15 heavy (non-hydrogen) atoms. The van der Waals surface area contributed by atoms with Crippen LogP contribution in [0.25, 0.3) is 0 Å². The molecule has 0 aliphatic carbocycles. The summed E-state index contributed by atoms with van der Waals surface area (Å²) in [6.45, 7) is 1.78. The van der Waals surface area contributed by atoms with Gasteiger partial charge >= 0.3 is 14.8 Å². The van der Waals surface area contributed by atoms with Gasteiger partial charge in [0.1, 0.15) is 0 Å². The van der Waals surface area contributed by atoms with Crippen LogP contribution in [0.3, 0.4) is 0 Å². The fraction of sp³-hybridized carbons (Fsp3) is 0.750. The fourth-order valence-electron chi connectivity index (χ4n) is 0.947. The molecule has 0 aromatic carbocycles. The molecule has 0 saturated carbocycles. The van der Waals surface area contributed by atoms with Crippen molar-refractivity contribution in [2.75, 3.05) is 27.9 Å². The topological polar surface area (TPSA) is 71.1 Å². The summed E-state index contributed by atoms with van der Waals surface area (Å²) < 4.78 is 19.6. The Morgan fingerprint density at radius 1 is 1.07 bits per heavy atom. The van der Waals surface area contributed by atoms with Crippen LogP contribution < -0.4 is 0 Å². The van der Waals surface area contributed by atoms with E-state index in [1.165, 1.54) is 21.3 Å². The summed E-state index contributed by atoms with van der Waals surface area (Å²) in [5, 5.41) is 0. The lowest BCUT2D eigenvalue weighted by Crippen LogP contribution is -2.46. The van der Waals surface area contributed by atoms with Crippen LogP contribution in [0.5, 0.6) is 0 Å². The van der Waals surface area contributed by atoms with E-state index in [0.717, 1.165) is 0 Å². The van der Waals surface area contributed by atoms with Gasteiger partial charge in [-0.2, -0.15) is 0 Å². The first-order valence-corrected chi connectivity index (χ1v) is 6.33. The molecule has 6 nitrogen and oxygen atoms in total. The highest BCUT2D eigenvalue weighted by molar-refractivity contribution is 6.67. The zero-order valence-corrected chi connectivity index (χ0v) is 10.4. The molecule has 0 saturated heterocycles. The molecule has 0 radical (unpaired) electrons. The van der Waals surface area contributed by atoms with Crippen molar-refractivity contribution in [3.63, 3.8) is 0 Å². The van der Waals surface area contributed by atoms with Crippen molar-refractivity contribution in [3.8, 4) is 0 Å². The number of esters is 1. The van der Waals surface area contributed by atoms with Crippen molar-refractivity contribution in [2.45, 2.75) is 13.0 Å². The molecule has 0 N–H and O–H groups in total. The highest BCUT2D eigenvalue weighted by atomic mass is 28.4. The molecule has 0 spiro atoms. The Balaban J connectivity index is 4.41. The third-order valence-corrected chi connectivity index (χ3v) is 4.43. The molecule has 0 unspecified atom stereocenters. The van der Waals surface area contributed by atoms with Gasteiger partial charge in [-0.15, -0.1) is 0 Å². The van der Waals surface area contributed by atoms with Gasteiger partial charge in [-0.1, -0.05) is 0 Å². The van der Waals surface area contributed by atoms with E-state index < -0.39 is 20.6 Å². The number of ether oxygens (including phenoxy) is 1. The van der Waals surface area contributed by atoms with Crippen molar-refractivity contribution >= 4 is 20.6 Å². The standard InChI is InChI=1S/C8H16O6Si/c1-5-14-8(10)7(9)6-15(11-2,12-3)13-4/h5-6H2,1-4H3. The van der Waals surface area contributed by atoms with Gasteiger partial charge in [0, 0.05) is 21.3 Å². The molecular formula is C8H16O6Si. The summed E-state index contributed by atoms with van der Waals surface area (Å²) in [6, 6.07) is -0.213. The third-order valence-electron chi connectivity index (χ3n) is 1.81. The lowest BCUT2D eigenvalue weighted by molar-refractivity contribution is -0.152. The number of hydrogen-bond donors (Lipinski definition) is 0. The van der Waals surface area contributed by atoms with Crippen LogP contribution >= 0.6 is 0 Å². The van der Waals surface area contributed by atoms with Crippen molar-refractivity contribution in [2.24, 2.45) is 0 Å². The normalized spacial score (nSPS) is 11.2. The van der Waals surface area contributed by atoms with Crippen LogP contribution in [0, 0.1) is 0 Å². The predicted molar refractivity (Wildman–Crippen MR) is 53.2 cm³/mol. The molecule has 0 amide bonds. The zero-order valence-electron chi connectivity index (χ0n) is 9.36. The second-order valence-electron chi connectivity index (χ2n) is 2.62. The zero-order chi connectivity index (χ0) is 11.9. The number of carbonyl (C=O) groups is 2. The Bertz CT molecular complexity index is 217. The monoisotopic (exact) mass is 236 g/mol. The largest absolute Gasteiger partial charge is 0.508 e. The predicted octanol–water partition coefficient (Wildman–Crippen LogP) is -0.00330. The summed E-state index contributed by atoms with van der Waals surface area (Å²) in [5.74, 6) is -1.59. The van der Waals surface area contributed by atoms with Crippen molar-refractivity contribution in [1.29, 1.82) is 0 Å². The first-order valence-electron chi connectivity index (χ1n) is 4.40. The SMILES string of the molecule is CCOC(=O)C(=O)C[Si](OC)(OC)OC. The van der Waals surface area contributed by atoms with E-state index in [4.69, 9.17) is 13.3 Å². The number of carbonyl (C=O) groups excluding carboxylic acids is 2. The maximum Gasteiger partial charge on any atom is 0.508 e. The van der Waals surface area contributed by atoms with Crippen LogP contribution in [-0.2, 0) is 27.6 Å². The molecule has 0 rings (SSSR count). The average molecular weight is 236 g/mol. The molecule has 0 aromatic rings. The molecule has 0 fully saturated rings. The highest BCUT2D eigenvalue weighted by Crippen LogP contribution is 2.13. The number of rotatable bonds is 7. The van der Waals surface area contributed by atoms with E-state index in [1.54, 1.807) is 6.92 Å². The maximum absolute atomic E-state index is 11.3. The summed E-state index contributed by atoms with van der Waals surface area (Å²) in [7, 11) is 1.10. The average Bonchev–Trinajstić information content (AvgIpc) is 2.26. The smallest absolute Gasteiger partial charge is 0.460 e. The van der Waals surface area contributed by atoms with Gasteiger partial charge in [0.25, 0.3) is 0 Å². The van der Waals surface area contributed by atoms with Crippen molar-refractivity contribution < 1.29 is 27.6 Å². The molecule has 0 aromatic heterocycles. The quantitative estimate of drug-likeness (QED) is 0.352. The van der Waals surface area contributed by atoms with Crippen molar-refractivity contribution in [3.05, 3.63) is 0 Å². The molecule has 0 aliphatic heterocycles. The van der Waals surface area contributed by atoms with E-state index in [0.29, 0.717) is 0 Å². The summed E-state index contributed by atoms with van der Waals surface area (Å²) in [5.41, 5.74) is 0. The van der Waals surface area contributed by atoms with Crippen LogP contribution in [0.15, 0.2) is 0 Å². The summed E-state index contributed by atoms with van der Waals surface area (Å²) in [6.07, 6.45) is 0. The van der Waals surface area contributed by atoms with E-state index in [-0.39, 0.29) is 12.7 Å². The third kappa shape index (κ3) is 4.08. The second kappa shape index (κ2) is 6.67. The summed E-state index contributed by atoms with van der Waals surface area (Å²) in [4.78, 5) is 22.4. The molecule has 88 valence electrons. The van der Waals surface area contributed by atoms with Crippen LogP contribution in [0.4, 0.5) is 0 Å². The van der Waals surface area contributed by atoms with E-state index in [2.05, 4.69) is 4.74 Å². The van der Waals surface area contributed by atoms with E-state index in [9.17, 15) is 9.59 Å². The van der Waals surface area contributed by atoms with E-state index in [1.807, 2.05) is 0 Å². The molecular weight excluding hydrogens is 220 g/mol. The Kier molecular flexibility index (Phi) is 6.33. The van der Waals surface area contributed by atoms with Gasteiger partial charge in [0.2, 0.25) is 5.78 Å². The Hall–Kier alpha value is -0.763. The minimum absolute atomic E-state index is 0.159. The van der Waals surface area contributed by atoms with Gasteiger partial charge in [-0.3, -0.25) is 4.79 Å². The molecule has 0 heterocycles. The van der Waals surface area contributed by atoms with E-state index >= 15 is 0 Å². The number of hydrogen-bond acceptors (Lipinski definition) is 6. The second-order valence-corrected chi connectivity index (χ2v) is 5.56. The lowest BCUT2D eigenvalue weighted by atomic mass is 10.5. The molecule has 7 heteroatoms. The first kappa shape index (κ1) is 14.2. The van der Waals surface area contributed by atoms with Crippen molar-refractivity contribution in [1.82, 2.24) is 0 Å². The van der Waals surface area contributed by atoms with Gasteiger partial charge in [0.15, 0.2) is 0 Å². The van der Waals surface area contributed by atoms with Crippen LogP contribution in [0.1, 0.15) is 6.92 Å². The fourth-order valence-corrected chi connectivity index (χ4v) is 2.42. The Morgan fingerprint density at radius 2 is 1.53 bits per heavy atom. The minimum Gasteiger partial charge on any atom is -0.460 e. The molecule has 0 atom stereocenters. The summed E-state index contributed by atoms with van der Waals surface area (Å²) >= 11 is 0. The number of Topliss-reactive ketones (excluding diaryl/α,β-unsaturated/α-hetero) is 1.